The maximum Gasteiger partial charge on any atom is 0.323 e. The molecule has 0 amide bonds. The van der Waals surface area contributed by atoms with Gasteiger partial charge in [-0.15, -0.1) is 0 Å². The Bertz CT molecular complexity index is 800. The van der Waals surface area contributed by atoms with E-state index in [4.69, 9.17) is 4.74 Å². The maximum absolute atomic E-state index is 12.4. The van der Waals surface area contributed by atoms with Gasteiger partial charge in [0, 0.05) is 11.8 Å². The van der Waals surface area contributed by atoms with Gasteiger partial charge in [-0.2, -0.15) is 0 Å². The van der Waals surface area contributed by atoms with E-state index in [2.05, 4.69) is 16.8 Å². The van der Waals surface area contributed by atoms with E-state index in [9.17, 15) is 9.59 Å². The summed E-state index contributed by atoms with van der Waals surface area (Å²) >= 11 is 0. The third-order valence-electron chi connectivity index (χ3n) is 4.59. The molecule has 0 radical (unpaired) electrons. The summed E-state index contributed by atoms with van der Waals surface area (Å²) in [7, 11) is 0. The number of ether oxygens (including phenoxy) is 1. The van der Waals surface area contributed by atoms with Crippen molar-refractivity contribution < 1.29 is 9.53 Å². The van der Waals surface area contributed by atoms with E-state index in [1.54, 1.807) is 10.5 Å². The van der Waals surface area contributed by atoms with Gasteiger partial charge in [-0.25, -0.2) is 4.98 Å². The summed E-state index contributed by atoms with van der Waals surface area (Å²) in [5.74, 6) is -0.220. The lowest BCUT2D eigenvalue weighted by Crippen LogP contribution is -2.45. The quantitative estimate of drug-likeness (QED) is 0.802. The summed E-state index contributed by atoms with van der Waals surface area (Å²) in [5, 5.41) is 0. The van der Waals surface area contributed by atoms with E-state index in [1.165, 1.54) is 6.07 Å². The highest BCUT2D eigenvalue weighted by atomic mass is 16.5. The lowest BCUT2D eigenvalue weighted by Gasteiger charge is -2.32. The van der Waals surface area contributed by atoms with Gasteiger partial charge in [-0.05, 0) is 45.0 Å². The molecule has 1 fully saturated rings. The number of nitrogens with zero attached hydrogens (tertiary/aromatic N) is 3. The van der Waals surface area contributed by atoms with Gasteiger partial charge in [-0.1, -0.05) is 19.4 Å². The summed E-state index contributed by atoms with van der Waals surface area (Å²) in [6.45, 7) is 5.73. The monoisotopic (exact) mass is 329 g/mol. The SMILES string of the molecule is CCN1CCCC[C@H]1C(=O)OCc1cc(=O)n2c(C)cccc2n1. The Hall–Kier alpha value is -2.21. The summed E-state index contributed by atoms with van der Waals surface area (Å²) in [6.07, 6.45) is 3.00. The number of likely N-dealkylation sites (N-methyl/N-ethyl adjacent to an activating group) is 1. The summed E-state index contributed by atoms with van der Waals surface area (Å²) in [4.78, 5) is 31.2. The Morgan fingerprint density at radius 2 is 2.21 bits per heavy atom. The number of pyridine rings is 1. The van der Waals surface area contributed by atoms with E-state index < -0.39 is 0 Å². The molecule has 6 heteroatoms. The molecular weight excluding hydrogens is 306 g/mol. The first-order chi connectivity index (χ1) is 11.6. The number of aryl methyl sites for hydroxylation is 1. The second-order valence-electron chi connectivity index (χ2n) is 6.19. The van der Waals surface area contributed by atoms with E-state index in [0.29, 0.717) is 11.3 Å². The Morgan fingerprint density at radius 1 is 1.38 bits per heavy atom. The van der Waals surface area contributed by atoms with Gasteiger partial charge in [0.25, 0.3) is 5.56 Å². The average Bonchev–Trinajstić information content (AvgIpc) is 2.59. The topological polar surface area (TPSA) is 63.9 Å². The molecule has 128 valence electrons. The second-order valence-corrected chi connectivity index (χ2v) is 6.19. The van der Waals surface area contributed by atoms with Crippen molar-refractivity contribution in [2.24, 2.45) is 0 Å². The van der Waals surface area contributed by atoms with Crippen molar-refractivity contribution in [2.45, 2.75) is 45.8 Å². The van der Waals surface area contributed by atoms with Crippen molar-refractivity contribution in [3.8, 4) is 0 Å². The van der Waals surface area contributed by atoms with Gasteiger partial charge in [0.15, 0.2) is 0 Å². The van der Waals surface area contributed by atoms with E-state index in [-0.39, 0.29) is 24.2 Å². The molecule has 3 rings (SSSR count). The number of fused-ring (bicyclic) bond motifs is 1. The standard InChI is InChI=1S/C18H23N3O3/c1-3-20-10-5-4-8-15(20)18(23)24-12-14-11-17(22)21-13(2)7-6-9-16(21)19-14/h6-7,9,11,15H,3-5,8,10,12H2,1-2H3/t15-/m0/s1. The van der Waals surface area contributed by atoms with Gasteiger partial charge in [0.1, 0.15) is 18.3 Å². The summed E-state index contributed by atoms with van der Waals surface area (Å²) < 4.78 is 6.99. The van der Waals surface area contributed by atoms with Crippen LogP contribution in [0.25, 0.3) is 5.65 Å². The molecule has 1 aliphatic heterocycles. The van der Waals surface area contributed by atoms with Crippen LogP contribution in [0.4, 0.5) is 0 Å². The molecule has 1 aliphatic rings. The van der Waals surface area contributed by atoms with Gasteiger partial charge < -0.3 is 4.74 Å². The van der Waals surface area contributed by atoms with E-state index >= 15 is 0 Å². The molecule has 1 atom stereocenters. The summed E-state index contributed by atoms with van der Waals surface area (Å²) in [5.41, 5.74) is 1.73. The van der Waals surface area contributed by atoms with Crippen LogP contribution < -0.4 is 5.56 Å². The van der Waals surface area contributed by atoms with Crippen molar-refractivity contribution >= 4 is 11.6 Å². The lowest BCUT2D eigenvalue weighted by molar-refractivity contribution is -0.152. The zero-order valence-electron chi connectivity index (χ0n) is 14.2. The smallest absolute Gasteiger partial charge is 0.323 e. The van der Waals surface area contributed by atoms with E-state index in [0.717, 1.165) is 38.0 Å². The van der Waals surface area contributed by atoms with Gasteiger partial charge in [0.05, 0.1) is 5.69 Å². The average molecular weight is 329 g/mol. The molecular formula is C18H23N3O3. The number of aromatic nitrogens is 2. The van der Waals surface area contributed by atoms with Crippen LogP contribution in [0.3, 0.4) is 0 Å². The van der Waals surface area contributed by atoms with Crippen molar-refractivity contribution in [1.29, 1.82) is 0 Å². The number of hydrogen-bond acceptors (Lipinski definition) is 5. The highest BCUT2D eigenvalue weighted by Crippen LogP contribution is 2.18. The van der Waals surface area contributed by atoms with Crippen LogP contribution in [0.5, 0.6) is 0 Å². The molecule has 0 aromatic carbocycles. The number of piperidine rings is 1. The molecule has 0 bridgehead atoms. The first-order valence-electron chi connectivity index (χ1n) is 8.49. The second kappa shape index (κ2) is 7.13. The van der Waals surface area contributed by atoms with Crippen LogP contribution in [0.2, 0.25) is 0 Å². The van der Waals surface area contributed by atoms with Crippen molar-refractivity contribution in [1.82, 2.24) is 14.3 Å². The number of hydrogen-bond donors (Lipinski definition) is 0. The van der Waals surface area contributed by atoms with Crippen LogP contribution in [0.1, 0.15) is 37.6 Å². The lowest BCUT2D eigenvalue weighted by atomic mass is 10.0. The van der Waals surface area contributed by atoms with Gasteiger partial charge in [0.2, 0.25) is 0 Å². The van der Waals surface area contributed by atoms with Crippen LogP contribution in [0.15, 0.2) is 29.1 Å². The molecule has 0 spiro atoms. The third kappa shape index (κ3) is 3.33. The van der Waals surface area contributed by atoms with Gasteiger partial charge in [-0.3, -0.25) is 18.9 Å². The molecule has 1 saturated heterocycles. The largest absolute Gasteiger partial charge is 0.458 e. The molecule has 0 N–H and O–H groups in total. The maximum atomic E-state index is 12.4. The van der Waals surface area contributed by atoms with Gasteiger partial charge >= 0.3 is 5.97 Å². The van der Waals surface area contributed by atoms with Crippen molar-refractivity contribution in [3.63, 3.8) is 0 Å². The molecule has 0 aliphatic carbocycles. The fraction of sp³-hybridized carbons (Fsp3) is 0.500. The van der Waals surface area contributed by atoms with Crippen LogP contribution in [-0.2, 0) is 16.1 Å². The number of likely N-dealkylation sites (tertiary alicyclic amines) is 1. The molecule has 0 saturated carbocycles. The molecule has 2 aromatic rings. The highest BCUT2D eigenvalue weighted by Gasteiger charge is 2.28. The Morgan fingerprint density at radius 3 is 3.00 bits per heavy atom. The summed E-state index contributed by atoms with van der Waals surface area (Å²) in [6, 6.07) is 6.75. The predicted octanol–water partition coefficient (Wildman–Crippen LogP) is 1.92. The third-order valence-corrected chi connectivity index (χ3v) is 4.59. The molecule has 3 heterocycles. The molecule has 6 nitrogen and oxygen atoms in total. The zero-order valence-corrected chi connectivity index (χ0v) is 14.2. The first kappa shape index (κ1) is 16.6. The van der Waals surface area contributed by atoms with Crippen molar-refractivity contribution in [2.75, 3.05) is 13.1 Å². The minimum Gasteiger partial charge on any atom is -0.458 e. The number of carbonyl (C=O) groups is 1. The van der Waals surface area contributed by atoms with Crippen LogP contribution in [-0.4, -0.2) is 39.4 Å². The first-order valence-corrected chi connectivity index (χ1v) is 8.49. The zero-order chi connectivity index (χ0) is 17.1. The minimum atomic E-state index is -0.220. The van der Waals surface area contributed by atoms with Crippen LogP contribution in [0, 0.1) is 6.92 Å². The molecule has 24 heavy (non-hydrogen) atoms. The highest BCUT2D eigenvalue weighted by molar-refractivity contribution is 5.75. The normalized spacial score (nSPS) is 18.7. The number of esters is 1. The Balaban J connectivity index is 1.73. The Labute approximate surface area is 141 Å². The van der Waals surface area contributed by atoms with E-state index in [1.807, 2.05) is 19.1 Å². The molecule has 2 aromatic heterocycles. The fourth-order valence-corrected chi connectivity index (χ4v) is 3.32. The molecule has 0 unspecified atom stereocenters. The number of rotatable bonds is 4. The minimum absolute atomic E-state index is 0.0343. The van der Waals surface area contributed by atoms with Crippen LogP contribution >= 0.6 is 0 Å². The Kier molecular flexibility index (Phi) is 4.94. The van der Waals surface area contributed by atoms with Crippen molar-refractivity contribution in [3.05, 3.63) is 46.0 Å². The fourth-order valence-electron chi connectivity index (χ4n) is 3.32. The predicted molar refractivity (Wildman–Crippen MR) is 90.9 cm³/mol. The number of carbonyl (C=O) groups excluding carboxylic acids is 1.